The number of nitrogens with zero attached hydrogens (tertiary/aromatic N) is 1. The van der Waals surface area contributed by atoms with E-state index in [1.54, 1.807) is 12.1 Å². The molecule has 0 atom stereocenters. The first kappa shape index (κ1) is 12.8. The van der Waals surface area contributed by atoms with Crippen LogP contribution in [0.2, 0.25) is 0 Å². The fraction of sp³-hybridized carbons (Fsp3) is 0.300. The monoisotopic (exact) mass is 256 g/mol. The second kappa shape index (κ2) is 5.75. The summed E-state index contributed by atoms with van der Waals surface area (Å²) in [4.78, 5) is 3.80. The zero-order valence-electron chi connectivity index (χ0n) is 8.80. The Morgan fingerprint density at radius 3 is 2.50 bits per heavy atom. The molecule has 0 amide bonds. The van der Waals surface area contributed by atoms with Gasteiger partial charge in [0.05, 0.1) is 18.0 Å². The number of anilines is 1. The summed E-state index contributed by atoms with van der Waals surface area (Å²) in [5.74, 6) is 0. The minimum Gasteiger partial charge on any atom is -0.284 e. The van der Waals surface area contributed by atoms with Gasteiger partial charge >= 0.3 is 0 Å². The van der Waals surface area contributed by atoms with Gasteiger partial charge in [0.2, 0.25) is 10.0 Å². The van der Waals surface area contributed by atoms with Crippen LogP contribution in [0.5, 0.6) is 0 Å². The molecule has 1 aromatic rings. The number of hydrogen-bond acceptors (Lipinski definition) is 4. The topological polar surface area (TPSA) is 58.5 Å². The lowest BCUT2D eigenvalue weighted by Gasteiger charge is -2.04. The van der Waals surface area contributed by atoms with E-state index in [9.17, 15) is 8.42 Å². The van der Waals surface area contributed by atoms with Crippen LogP contribution in [0.1, 0.15) is 5.56 Å². The number of isothiocyanates is 1. The molecule has 0 fully saturated rings. The molecule has 0 saturated carbocycles. The van der Waals surface area contributed by atoms with Crippen LogP contribution < -0.4 is 4.72 Å². The normalized spacial score (nSPS) is 10.6. The fourth-order valence-electron chi connectivity index (χ4n) is 1.18. The highest BCUT2D eigenvalue weighted by atomic mass is 32.2. The highest BCUT2D eigenvalue weighted by Crippen LogP contribution is 2.11. The molecule has 0 unspecified atom stereocenters. The third kappa shape index (κ3) is 5.02. The first-order valence-electron chi connectivity index (χ1n) is 4.61. The first-order chi connectivity index (χ1) is 7.51. The van der Waals surface area contributed by atoms with Gasteiger partial charge < -0.3 is 0 Å². The summed E-state index contributed by atoms with van der Waals surface area (Å²) in [6.45, 7) is 0.600. The minimum absolute atomic E-state index is 0.560. The Labute approximate surface area is 100 Å². The average molecular weight is 256 g/mol. The van der Waals surface area contributed by atoms with Crippen molar-refractivity contribution in [1.29, 1.82) is 0 Å². The minimum atomic E-state index is -3.20. The molecule has 1 aromatic carbocycles. The average Bonchev–Trinajstić information content (AvgIpc) is 2.19. The van der Waals surface area contributed by atoms with E-state index >= 15 is 0 Å². The molecule has 0 heterocycles. The molecule has 0 saturated heterocycles. The van der Waals surface area contributed by atoms with Crippen LogP contribution in [0.15, 0.2) is 29.3 Å². The standard InChI is InChI=1S/C10H12N2O2S2/c1-16(13,14)12-10-4-2-9(3-5-10)6-7-11-8-15/h2-5,12H,6-7H2,1H3. The molecule has 0 aliphatic rings. The summed E-state index contributed by atoms with van der Waals surface area (Å²) < 4.78 is 24.3. The van der Waals surface area contributed by atoms with Crippen molar-refractivity contribution in [2.24, 2.45) is 4.99 Å². The van der Waals surface area contributed by atoms with Crippen molar-refractivity contribution in [2.45, 2.75) is 6.42 Å². The molecule has 1 rings (SSSR count). The van der Waals surface area contributed by atoms with Crippen LogP contribution in [-0.2, 0) is 16.4 Å². The summed E-state index contributed by atoms with van der Waals surface area (Å²) in [7, 11) is -3.20. The van der Waals surface area contributed by atoms with Crippen molar-refractivity contribution in [1.82, 2.24) is 0 Å². The van der Waals surface area contributed by atoms with Gasteiger partial charge in [0.15, 0.2) is 0 Å². The van der Waals surface area contributed by atoms with Crippen molar-refractivity contribution >= 4 is 33.1 Å². The number of benzene rings is 1. The largest absolute Gasteiger partial charge is 0.284 e. The zero-order valence-corrected chi connectivity index (χ0v) is 10.4. The molecule has 0 aliphatic carbocycles. The molecular formula is C10H12N2O2S2. The van der Waals surface area contributed by atoms with Gasteiger partial charge in [-0.3, -0.25) is 4.72 Å². The number of thiocarbonyl (C=S) groups is 1. The number of rotatable bonds is 5. The Hall–Kier alpha value is -1.23. The summed E-state index contributed by atoms with van der Waals surface area (Å²) in [5.41, 5.74) is 1.64. The number of aliphatic imine (C=N–C) groups is 1. The first-order valence-corrected chi connectivity index (χ1v) is 6.91. The number of hydrogen-bond donors (Lipinski definition) is 1. The maximum absolute atomic E-state index is 11.0. The van der Waals surface area contributed by atoms with Gasteiger partial charge in [-0.15, -0.1) is 0 Å². The van der Waals surface area contributed by atoms with Crippen LogP contribution in [0, 0.1) is 0 Å². The smallest absolute Gasteiger partial charge is 0.229 e. The molecule has 0 spiro atoms. The molecular weight excluding hydrogens is 244 g/mol. The van der Waals surface area contributed by atoms with E-state index in [4.69, 9.17) is 0 Å². The van der Waals surface area contributed by atoms with E-state index in [-0.39, 0.29) is 0 Å². The van der Waals surface area contributed by atoms with Gasteiger partial charge in [0.1, 0.15) is 0 Å². The van der Waals surface area contributed by atoms with Crippen LogP contribution in [-0.4, -0.2) is 26.4 Å². The second-order valence-corrected chi connectivity index (χ2v) is 5.23. The number of nitrogens with one attached hydrogen (secondary N) is 1. The number of sulfonamides is 1. The van der Waals surface area contributed by atoms with Crippen molar-refractivity contribution in [2.75, 3.05) is 17.5 Å². The Kier molecular flexibility index (Phi) is 4.61. The fourth-order valence-corrected chi connectivity index (χ4v) is 1.84. The molecule has 0 aliphatic heterocycles. The quantitative estimate of drug-likeness (QED) is 0.644. The van der Waals surface area contributed by atoms with Crippen LogP contribution in [0.25, 0.3) is 0 Å². The molecule has 4 nitrogen and oxygen atoms in total. The highest BCUT2D eigenvalue weighted by molar-refractivity contribution is 7.92. The Morgan fingerprint density at radius 1 is 1.38 bits per heavy atom. The molecule has 86 valence electrons. The van der Waals surface area contributed by atoms with E-state index in [1.165, 1.54) is 0 Å². The lowest BCUT2D eigenvalue weighted by molar-refractivity contribution is 0.607. The van der Waals surface area contributed by atoms with Crippen LogP contribution >= 0.6 is 12.2 Å². The van der Waals surface area contributed by atoms with E-state index in [0.717, 1.165) is 18.2 Å². The SMILES string of the molecule is CS(=O)(=O)Nc1ccc(CCN=C=S)cc1. The Balaban J connectivity index is 2.64. The van der Waals surface area contributed by atoms with Crippen molar-refractivity contribution in [3.05, 3.63) is 29.8 Å². The van der Waals surface area contributed by atoms with E-state index in [1.807, 2.05) is 12.1 Å². The summed E-state index contributed by atoms with van der Waals surface area (Å²) in [6.07, 6.45) is 1.89. The summed E-state index contributed by atoms with van der Waals surface area (Å²) in [6, 6.07) is 7.15. The lowest BCUT2D eigenvalue weighted by Crippen LogP contribution is -2.09. The van der Waals surface area contributed by atoms with Crippen LogP contribution in [0.4, 0.5) is 5.69 Å². The van der Waals surface area contributed by atoms with E-state index in [0.29, 0.717) is 12.2 Å². The predicted molar refractivity (Wildman–Crippen MR) is 68.5 cm³/mol. The molecule has 0 aromatic heterocycles. The zero-order chi connectivity index (χ0) is 12.0. The van der Waals surface area contributed by atoms with Crippen molar-refractivity contribution in [3.8, 4) is 0 Å². The van der Waals surface area contributed by atoms with E-state index < -0.39 is 10.0 Å². The Morgan fingerprint density at radius 2 is 2.00 bits per heavy atom. The summed E-state index contributed by atoms with van der Waals surface area (Å²) in [5, 5.41) is 2.30. The van der Waals surface area contributed by atoms with Crippen molar-refractivity contribution < 1.29 is 8.42 Å². The van der Waals surface area contributed by atoms with Gasteiger partial charge in [-0.2, -0.15) is 0 Å². The lowest BCUT2D eigenvalue weighted by atomic mass is 10.1. The highest BCUT2D eigenvalue weighted by Gasteiger charge is 2.00. The molecule has 1 N–H and O–H groups in total. The van der Waals surface area contributed by atoms with Gasteiger partial charge in [0, 0.05) is 5.69 Å². The van der Waals surface area contributed by atoms with Gasteiger partial charge in [-0.25, -0.2) is 13.4 Å². The maximum atomic E-state index is 11.0. The third-order valence-corrected chi connectivity index (χ3v) is 2.57. The second-order valence-electron chi connectivity index (χ2n) is 3.29. The van der Waals surface area contributed by atoms with Crippen molar-refractivity contribution in [3.63, 3.8) is 0 Å². The molecule has 0 radical (unpaired) electrons. The van der Waals surface area contributed by atoms with Crippen LogP contribution in [0.3, 0.4) is 0 Å². The molecule has 0 bridgehead atoms. The van der Waals surface area contributed by atoms with Gasteiger partial charge in [-0.05, 0) is 36.3 Å². The predicted octanol–water partition coefficient (Wildman–Crippen LogP) is 1.70. The molecule has 6 heteroatoms. The molecule has 16 heavy (non-hydrogen) atoms. The van der Waals surface area contributed by atoms with Gasteiger partial charge in [0.25, 0.3) is 0 Å². The third-order valence-electron chi connectivity index (χ3n) is 1.83. The maximum Gasteiger partial charge on any atom is 0.229 e. The Bertz CT molecular complexity index is 488. The van der Waals surface area contributed by atoms with E-state index in [2.05, 4.69) is 27.1 Å². The van der Waals surface area contributed by atoms with Gasteiger partial charge in [-0.1, -0.05) is 12.1 Å². The summed E-state index contributed by atoms with van der Waals surface area (Å²) >= 11 is 4.45.